The van der Waals surface area contributed by atoms with E-state index in [0.717, 1.165) is 16.4 Å². The summed E-state index contributed by atoms with van der Waals surface area (Å²) in [6.45, 7) is 6.14. The molecule has 0 N–H and O–H groups in total. The van der Waals surface area contributed by atoms with Gasteiger partial charge in [-0.15, -0.1) is 0 Å². The Kier molecular flexibility index (Phi) is 3.62. The number of halogens is 1. The molecule has 6 heteroatoms. The number of hydrogen-bond acceptors (Lipinski definition) is 3. The average Bonchev–Trinajstić information content (AvgIpc) is 2.72. The highest BCUT2D eigenvalue weighted by Crippen LogP contribution is 2.36. The van der Waals surface area contributed by atoms with E-state index in [1.807, 2.05) is 20.8 Å². The van der Waals surface area contributed by atoms with Gasteiger partial charge in [0.05, 0.1) is 4.90 Å². The first kappa shape index (κ1) is 15.0. The summed E-state index contributed by atoms with van der Waals surface area (Å²) in [5.41, 5.74) is -0.136. The van der Waals surface area contributed by atoms with Crippen LogP contribution in [0.1, 0.15) is 27.2 Å². The van der Waals surface area contributed by atoms with Crippen LogP contribution < -0.4 is 0 Å². The Morgan fingerprint density at radius 2 is 1.75 bits per heavy atom. The second-order valence-electron chi connectivity index (χ2n) is 6.15. The van der Waals surface area contributed by atoms with E-state index in [4.69, 9.17) is 0 Å². The maximum Gasteiger partial charge on any atom is 0.266 e. The molecule has 1 saturated heterocycles. The van der Waals surface area contributed by atoms with Gasteiger partial charge >= 0.3 is 0 Å². The predicted molar refractivity (Wildman–Crippen MR) is 72.9 cm³/mol. The van der Waals surface area contributed by atoms with E-state index in [9.17, 15) is 17.6 Å². The molecule has 1 heterocycles. The van der Waals surface area contributed by atoms with Gasteiger partial charge in [-0.05, 0) is 35.6 Å². The molecule has 0 aliphatic carbocycles. The van der Waals surface area contributed by atoms with Gasteiger partial charge in [-0.1, -0.05) is 20.8 Å². The van der Waals surface area contributed by atoms with Crippen molar-refractivity contribution in [3.8, 4) is 0 Å². The fourth-order valence-electron chi connectivity index (χ4n) is 2.23. The van der Waals surface area contributed by atoms with Gasteiger partial charge in [0.1, 0.15) is 5.82 Å². The summed E-state index contributed by atoms with van der Waals surface area (Å²) in [4.78, 5) is 11.9. The van der Waals surface area contributed by atoms with Gasteiger partial charge in [-0.3, -0.25) is 4.79 Å². The average molecular weight is 299 g/mol. The second-order valence-corrected chi connectivity index (χ2v) is 8.01. The number of carbonyl (C=O) groups excluding carboxylic acids is 1. The van der Waals surface area contributed by atoms with Crippen molar-refractivity contribution in [1.29, 1.82) is 0 Å². The lowest BCUT2D eigenvalue weighted by Gasteiger charge is -2.26. The van der Waals surface area contributed by atoms with Crippen LogP contribution in [0.15, 0.2) is 29.2 Å². The molecule has 0 spiro atoms. The molecule has 1 aromatic carbocycles. The van der Waals surface area contributed by atoms with Gasteiger partial charge in [-0.2, -0.15) is 0 Å². The van der Waals surface area contributed by atoms with Crippen LogP contribution in [-0.4, -0.2) is 25.2 Å². The smallest absolute Gasteiger partial charge is 0.266 e. The quantitative estimate of drug-likeness (QED) is 0.842. The highest BCUT2D eigenvalue weighted by atomic mass is 32.2. The van der Waals surface area contributed by atoms with Gasteiger partial charge in [0.2, 0.25) is 5.91 Å². The van der Waals surface area contributed by atoms with Crippen molar-refractivity contribution in [3.63, 3.8) is 0 Å². The lowest BCUT2D eigenvalue weighted by Crippen LogP contribution is -2.33. The molecule has 1 unspecified atom stereocenters. The summed E-state index contributed by atoms with van der Waals surface area (Å²) in [5.74, 6) is -0.913. The van der Waals surface area contributed by atoms with Crippen molar-refractivity contribution in [2.45, 2.75) is 32.1 Å². The van der Waals surface area contributed by atoms with Crippen LogP contribution in [0.25, 0.3) is 0 Å². The molecule has 1 fully saturated rings. The van der Waals surface area contributed by atoms with E-state index < -0.39 is 21.7 Å². The van der Waals surface area contributed by atoms with E-state index in [2.05, 4.69) is 0 Å². The normalized spacial score (nSPS) is 20.5. The number of hydrogen-bond donors (Lipinski definition) is 0. The third-order valence-electron chi connectivity index (χ3n) is 3.71. The number of amides is 1. The van der Waals surface area contributed by atoms with Gasteiger partial charge in [0.15, 0.2) is 0 Å². The number of sulfonamides is 1. The van der Waals surface area contributed by atoms with E-state index in [0.29, 0.717) is 0 Å². The summed E-state index contributed by atoms with van der Waals surface area (Å²) in [6.07, 6.45) is 0.226. The van der Waals surface area contributed by atoms with E-state index in [1.54, 1.807) is 0 Å². The van der Waals surface area contributed by atoms with Gasteiger partial charge in [0.25, 0.3) is 10.0 Å². The molecule has 1 aromatic rings. The molecule has 2 rings (SSSR count). The summed E-state index contributed by atoms with van der Waals surface area (Å²) >= 11 is 0. The zero-order valence-electron chi connectivity index (χ0n) is 11.8. The summed E-state index contributed by atoms with van der Waals surface area (Å²) in [7, 11) is -3.88. The molecule has 110 valence electrons. The lowest BCUT2D eigenvalue weighted by atomic mass is 9.80. The van der Waals surface area contributed by atoms with Crippen LogP contribution in [0.4, 0.5) is 4.39 Å². The third-order valence-corrected chi connectivity index (χ3v) is 5.51. The highest BCUT2D eigenvalue weighted by molar-refractivity contribution is 7.89. The fourth-order valence-corrected chi connectivity index (χ4v) is 3.68. The van der Waals surface area contributed by atoms with Crippen molar-refractivity contribution in [3.05, 3.63) is 30.1 Å². The first-order valence-electron chi connectivity index (χ1n) is 6.43. The lowest BCUT2D eigenvalue weighted by molar-refractivity contribution is -0.123. The minimum Gasteiger partial charge on any atom is -0.274 e. The minimum absolute atomic E-state index is 0.00905. The molecule has 4 nitrogen and oxygen atoms in total. The first-order valence-corrected chi connectivity index (χ1v) is 7.87. The number of nitrogens with zero attached hydrogens (tertiary/aromatic N) is 1. The summed E-state index contributed by atoms with van der Waals surface area (Å²) in [6, 6.07) is 4.52. The van der Waals surface area contributed by atoms with E-state index in [-0.39, 0.29) is 29.2 Å². The van der Waals surface area contributed by atoms with E-state index in [1.165, 1.54) is 12.1 Å². The predicted octanol–water partition coefficient (Wildman–Crippen LogP) is 2.41. The molecule has 0 saturated carbocycles. The molecule has 1 aliphatic heterocycles. The van der Waals surface area contributed by atoms with Crippen molar-refractivity contribution < 1.29 is 17.6 Å². The Morgan fingerprint density at radius 3 is 2.20 bits per heavy atom. The molecule has 1 amide bonds. The molecule has 1 atom stereocenters. The Balaban J connectivity index is 2.31. The van der Waals surface area contributed by atoms with Crippen LogP contribution in [0.5, 0.6) is 0 Å². The Morgan fingerprint density at radius 1 is 1.20 bits per heavy atom. The van der Waals surface area contributed by atoms with Crippen molar-refractivity contribution in [2.75, 3.05) is 6.54 Å². The van der Waals surface area contributed by atoms with Gasteiger partial charge < -0.3 is 0 Å². The molecule has 1 aliphatic rings. The van der Waals surface area contributed by atoms with Crippen LogP contribution >= 0.6 is 0 Å². The molecule has 20 heavy (non-hydrogen) atoms. The SMILES string of the molecule is CC(C)(C)C1CC(=O)N(S(=O)(=O)c2ccc(F)cc2)C1. The topological polar surface area (TPSA) is 54.5 Å². The Labute approximate surface area is 118 Å². The monoisotopic (exact) mass is 299 g/mol. The number of carbonyl (C=O) groups is 1. The van der Waals surface area contributed by atoms with Gasteiger partial charge in [-0.25, -0.2) is 17.1 Å². The molecular formula is C14H18FNO3S. The standard InChI is InChI=1S/C14H18FNO3S/c1-14(2,3)10-8-13(17)16(9-10)20(18,19)12-6-4-11(15)5-7-12/h4-7,10H,8-9H2,1-3H3. The number of rotatable bonds is 2. The van der Waals surface area contributed by atoms with E-state index >= 15 is 0 Å². The third kappa shape index (κ3) is 2.70. The van der Waals surface area contributed by atoms with Crippen LogP contribution in [-0.2, 0) is 14.8 Å². The maximum absolute atomic E-state index is 12.9. The second kappa shape index (κ2) is 4.84. The first-order chi connectivity index (χ1) is 9.12. The molecular weight excluding hydrogens is 281 g/mol. The fraction of sp³-hybridized carbons (Fsp3) is 0.500. The largest absolute Gasteiger partial charge is 0.274 e. The Bertz CT molecular complexity index is 617. The van der Waals surface area contributed by atoms with Crippen molar-refractivity contribution in [2.24, 2.45) is 11.3 Å². The number of benzene rings is 1. The zero-order valence-corrected chi connectivity index (χ0v) is 12.6. The van der Waals surface area contributed by atoms with Gasteiger partial charge in [0, 0.05) is 13.0 Å². The molecule has 0 bridgehead atoms. The Hall–Kier alpha value is -1.43. The maximum atomic E-state index is 12.9. The van der Waals surface area contributed by atoms with Crippen LogP contribution in [0.3, 0.4) is 0 Å². The molecule has 0 radical (unpaired) electrons. The van der Waals surface area contributed by atoms with Crippen LogP contribution in [0, 0.1) is 17.2 Å². The molecule has 0 aromatic heterocycles. The minimum atomic E-state index is -3.88. The van der Waals surface area contributed by atoms with Crippen molar-refractivity contribution >= 4 is 15.9 Å². The van der Waals surface area contributed by atoms with Crippen LogP contribution in [0.2, 0.25) is 0 Å². The summed E-state index contributed by atoms with van der Waals surface area (Å²) in [5, 5.41) is 0. The summed E-state index contributed by atoms with van der Waals surface area (Å²) < 4.78 is 38.6. The zero-order chi connectivity index (χ0) is 15.1. The highest BCUT2D eigenvalue weighted by Gasteiger charge is 2.42. The van der Waals surface area contributed by atoms with Crippen molar-refractivity contribution in [1.82, 2.24) is 4.31 Å².